The first kappa shape index (κ1) is 12.5. The minimum absolute atomic E-state index is 0.163. The predicted octanol–water partition coefficient (Wildman–Crippen LogP) is 3.04. The van der Waals surface area contributed by atoms with Gasteiger partial charge in [-0.2, -0.15) is 0 Å². The number of hydrogen-bond acceptors (Lipinski definition) is 2. The van der Waals surface area contributed by atoms with Gasteiger partial charge < -0.3 is 0 Å². The van der Waals surface area contributed by atoms with Crippen LogP contribution in [0.15, 0.2) is 54.6 Å². The van der Waals surface area contributed by atoms with Gasteiger partial charge in [-0.3, -0.25) is 11.3 Å². The standard InChI is InChI=1S/C14H15IN2/c15-13-8-6-11(7-9-13)10-14(17-16)12-4-2-1-3-5-12/h1-9,14,17H,10,16H2. The summed E-state index contributed by atoms with van der Waals surface area (Å²) < 4.78 is 1.25. The SMILES string of the molecule is NNC(Cc1ccc(I)cc1)c1ccccc1. The van der Waals surface area contributed by atoms with Crippen molar-refractivity contribution in [3.05, 3.63) is 69.3 Å². The van der Waals surface area contributed by atoms with Gasteiger partial charge in [0.2, 0.25) is 0 Å². The van der Waals surface area contributed by atoms with Gasteiger partial charge in [-0.05, 0) is 52.3 Å². The van der Waals surface area contributed by atoms with Gasteiger partial charge in [0.25, 0.3) is 0 Å². The van der Waals surface area contributed by atoms with Gasteiger partial charge in [0.15, 0.2) is 0 Å². The van der Waals surface area contributed by atoms with E-state index >= 15 is 0 Å². The van der Waals surface area contributed by atoms with Gasteiger partial charge in [0.1, 0.15) is 0 Å². The molecule has 0 saturated carbocycles. The van der Waals surface area contributed by atoms with Crippen molar-refractivity contribution in [3.8, 4) is 0 Å². The highest BCUT2D eigenvalue weighted by atomic mass is 127. The highest BCUT2D eigenvalue weighted by Gasteiger charge is 2.09. The first-order valence-electron chi connectivity index (χ1n) is 5.55. The smallest absolute Gasteiger partial charge is 0.0500 e. The number of nitrogens with two attached hydrogens (primary N) is 1. The van der Waals surface area contributed by atoms with Gasteiger partial charge >= 0.3 is 0 Å². The molecule has 0 aromatic heterocycles. The fourth-order valence-corrected chi connectivity index (χ4v) is 2.17. The molecular formula is C14H15IN2. The Labute approximate surface area is 115 Å². The maximum absolute atomic E-state index is 5.63. The van der Waals surface area contributed by atoms with Crippen molar-refractivity contribution >= 4 is 22.6 Å². The average molecular weight is 338 g/mol. The largest absolute Gasteiger partial charge is 0.271 e. The Morgan fingerprint density at radius 1 is 1.00 bits per heavy atom. The molecule has 0 aliphatic carbocycles. The fraction of sp³-hybridized carbons (Fsp3) is 0.143. The summed E-state index contributed by atoms with van der Waals surface area (Å²) in [6, 6.07) is 19.0. The first-order valence-corrected chi connectivity index (χ1v) is 6.63. The summed E-state index contributed by atoms with van der Waals surface area (Å²) in [4.78, 5) is 0. The van der Waals surface area contributed by atoms with E-state index in [1.54, 1.807) is 0 Å². The molecule has 0 bridgehead atoms. The molecular weight excluding hydrogens is 323 g/mol. The van der Waals surface area contributed by atoms with E-state index in [0.717, 1.165) is 6.42 Å². The van der Waals surface area contributed by atoms with Gasteiger partial charge in [0.05, 0.1) is 0 Å². The minimum atomic E-state index is 0.163. The van der Waals surface area contributed by atoms with Crippen molar-refractivity contribution in [1.82, 2.24) is 5.43 Å². The van der Waals surface area contributed by atoms with E-state index in [4.69, 9.17) is 5.84 Å². The zero-order chi connectivity index (χ0) is 12.1. The van der Waals surface area contributed by atoms with Crippen molar-refractivity contribution in [1.29, 1.82) is 0 Å². The van der Waals surface area contributed by atoms with E-state index in [-0.39, 0.29) is 6.04 Å². The van der Waals surface area contributed by atoms with Crippen molar-refractivity contribution in [2.75, 3.05) is 0 Å². The third kappa shape index (κ3) is 3.52. The number of hydrogen-bond donors (Lipinski definition) is 2. The van der Waals surface area contributed by atoms with Crippen LogP contribution in [0.2, 0.25) is 0 Å². The fourth-order valence-electron chi connectivity index (χ4n) is 1.81. The number of benzene rings is 2. The van der Waals surface area contributed by atoms with Crippen molar-refractivity contribution in [2.45, 2.75) is 12.5 Å². The second kappa shape index (κ2) is 6.14. The predicted molar refractivity (Wildman–Crippen MR) is 79.4 cm³/mol. The van der Waals surface area contributed by atoms with Crippen LogP contribution in [0, 0.1) is 3.57 Å². The molecule has 2 aromatic carbocycles. The molecule has 0 amide bonds. The molecule has 0 radical (unpaired) electrons. The van der Waals surface area contributed by atoms with Gasteiger partial charge in [-0.15, -0.1) is 0 Å². The lowest BCUT2D eigenvalue weighted by molar-refractivity contribution is 0.552. The van der Waals surface area contributed by atoms with Crippen molar-refractivity contribution in [3.63, 3.8) is 0 Å². The Hall–Kier alpha value is -0.910. The summed E-state index contributed by atoms with van der Waals surface area (Å²) in [7, 11) is 0. The Morgan fingerprint density at radius 2 is 1.65 bits per heavy atom. The second-order valence-corrected chi connectivity index (χ2v) is 5.21. The lowest BCUT2D eigenvalue weighted by Crippen LogP contribution is -2.29. The molecule has 2 rings (SSSR count). The molecule has 88 valence electrons. The molecule has 2 nitrogen and oxygen atoms in total. The molecule has 2 aromatic rings. The number of rotatable bonds is 4. The van der Waals surface area contributed by atoms with Crippen LogP contribution in [0.3, 0.4) is 0 Å². The van der Waals surface area contributed by atoms with E-state index in [9.17, 15) is 0 Å². The quantitative estimate of drug-likeness (QED) is 0.511. The van der Waals surface area contributed by atoms with E-state index in [1.807, 2.05) is 18.2 Å². The maximum atomic E-state index is 5.63. The monoisotopic (exact) mass is 338 g/mol. The van der Waals surface area contributed by atoms with Crippen molar-refractivity contribution in [2.24, 2.45) is 5.84 Å². The highest BCUT2D eigenvalue weighted by Crippen LogP contribution is 2.18. The Balaban J connectivity index is 2.13. The van der Waals surface area contributed by atoms with Crippen LogP contribution in [-0.4, -0.2) is 0 Å². The molecule has 0 saturated heterocycles. The zero-order valence-corrected chi connectivity index (χ0v) is 11.6. The Bertz CT molecular complexity index is 453. The summed E-state index contributed by atoms with van der Waals surface area (Å²) in [5.41, 5.74) is 5.38. The third-order valence-corrected chi connectivity index (χ3v) is 3.48. The van der Waals surface area contributed by atoms with Gasteiger partial charge in [-0.25, -0.2) is 0 Å². The zero-order valence-electron chi connectivity index (χ0n) is 9.44. The molecule has 0 aliphatic heterocycles. The molecule has 0 heterocycles. The molecule has 0 fully saturated rings. The lowest BCUT2D eigenvalue weighted by atomic mass is 10.00. The molecule has 1 unspecified atom stereocenters. The number of nitrogens with one attached hydrogen (secondary N) is 1. The molecule has 17 heavy (non-hydrogen) atoms. The highest BCUT2D eigenvalue weighted by molar-refractivity contribution is 14.1. The van der Waals surface area contributed by atoms with Crippen LogP contribution in [-0.2, 0) is 6.42 Å². The Morgan fingerprint density at radius 3 is 2.24 bits per heavy atom. The van der Waals surface area contributed by atoms with Crippen molar-refractivity contribution < 1.29 is 0 Å². The third-order valence-electron chi connectivity index (χ3n) is 2.76. The lowest BCUT2D eigenvalue weighted by Gasteiger charge is -2.16. The number of halogens is 1. The van der Waals surface area contributed by atoms with Crippen LogP contribution in [0.4, 0.5) is 0 Å². The number of hydrazine groups is 1. The minimum Gasteiger partial charge on any atom is -0.271 e. The van der Waals surface area contributed by atoms with Crippen LogP contribution in [0.5, 0.6) is 0 Å². The van der Waals surface area contributed by atoms with E-state index in [0.29, 0.717) is 0 Å². The normalized spacial score (nSPS) is 12.4. The average Bonchev–Trinajstić information content (AvgIpc) is 2.39. The second-order valence-electron chi connectivity index (χ2n) is 3.96. The summed E-state index contributed by atoms with van der Waals surface area (Å²) in [5, 5.41) is 0. The van der Waals surface area contributed by atoms with E-state index in [1.165, 1.54) is 14.7 Å². The molecule has 3 heteroatoms. The van der Waals surface area contributed by atoms with E-state index < -0.39 is 0 Å². The molecule has 3 N–H and O–H groups in total. The Kier molecular flexibility index (Phi) is 4.53. The summed E-state index contributed by atoms with van der Waals surface area (Å²) in [5.74, 6) is 5.63. The molecule has 0 spiro atoms. The van der Waals surface area contributed by atoms with E-state index in [2.05, 4.69) is 64.4 Å². The molecule has 1 atom stereocenters. The van der Waals surface area contributed by atoms with Crippen LogP contribution >= 0.6 is 22.6 Å². The molecule has 0 aliphatic rings. The van der Waals surface area contributed by atoms with Gasteiger partial charge in [0, 0.05) is 9.61 Å². The summed E-state index contributed by atoms with van der Waals surface area (Å²) >= 11 is 2.31. The maximum Gasteiger partial charge on any atom is 0.0500 e. The summed E-state index contributed by atoms with van der Waals surface area (Å²) in [6.07, 6.45) is 0.900. The van der Waals surface area contributed by atoms with Crippen LogP contribution in [0.1, 0.15) is 17.2 Å². The van der Waals surface area contributed by atoms with Crippen LogP contribution in [0.25, 0.3) is 0 Å². The van der Waals surface area contributed by atoms with Crippen LogP contribution < -0.4 is 11.3 Å². The first-order chi connectivity index (χ1) is 8.29. The topological polar surface area (TPSA) is 38.0 Å². The summed E-state index contributed by atoms with van der Waals surface area (Å²) in [6.45, 7) is 0. The van der Waals surface area contributed by atoms with Gasteiger partial charge in [-0.1, -0.05) is 42.5 Å².